The van der Waals surface area contributed by atoms with Gasteiger partial charge in [0.25, 0.3) is 0 Å². The van der Waals surface area contributed by atoms with Gasteiger partial charge >= 0.3 is 0 Å². The van der Waals surface area contributed by atoms with Gasteiger partial charge in [0.05, 0.1) is 5.02 Å². The Hall–Kier alpha value is -0.930. The Balaban J connectivity index is 2.41. The van der Waals surface area contributed by atoms with Crippen LogP contribution in [-0.4, -0.2) is 24.5 Å². The topological polar surface area (TPSA) is 39.2 Å². The molecule has 1 aromatic rings. The van der Waals surface area contributed by atoms with Crippen molar-refractivity contribution in [3.8, 4) is 0 Å². The van der Waals surface area contributed by atoms with Crippen molar-refractivity contribution >= 4 is 17.4 Å². The zero-order valence-electron chi connectivity index (χ0n) is 8.70. The van der Waals surface area contributed by atoms with E-state index in [9.17, 15) is 4.79 Å². The minimum atomic E-state index is 0.181. The van der Waals surface area contributed by atoms with Crippen LogP contribution in [0.1, 0.15) is 18.4 Å². The molecule has 0 aliphatic carbocycles. The van der Waals surface area contributed by atoms with E-state index >= 15 is 0 Å². The molecule has 0 saturated carbocycles. The third-order valence-corrected chi connectivity index (χ3v) is 2.39. The number of Topliss-reactive ketones (excluding diaryl/α,β-unsaturated/α-hetero) is 1. The number of carbonyl (C=O) groups excluding carboxylic acids is 1. The molecule has 1 heterocycles. The second-order valence-corrected chi connectivity index (χ2v) is 3.69. The first-order valence-electron chi connectivity index (χ1n) is 4.83. The van der Waals surface area contributed by atoms with E-state index in [-0.39, 0.29) is 5.78 Å². The molecule has 0 unspecified atom stereocenters. The van der Waals surface area contributed by atoms with E-state index in [1.54, 1.807) is 25.6 Å². The van der Waals surface area contributed by atoms with Gasteiger partial charge in [-0.05, 0) is 18.1 Å². The van der Waals surface area contributed by atoms with Crippen molar-refractivity contribution in [2.24, 2.45) is 0 Å². The molecule has 1 aromatic heterocycles. The number of nitrogens with zero attached hydrogens (tertiary/aromatic N) is 1. The van der Waals surface area contributed by atoms with Gasteiger partial charge in [0.2, 0.25) is 0 Å². The highest BCUT2D eigenvalue weighted by Crippen LogP contribution is 2.14. The van der Waals surface area contributed by atoms with E-state index < -0.39 is 0 Å². The van der Waals surface area contributed by atoms with Gasteiger partial charge in [0.1, 0.15) is 5.78 Å². The normalized spacial score (nSPS) is 10.3. The molecule has 0 atom stereocenters. The molecular formula is C11H14ClNO2. The molecule has 0 aromatic carbocycles. The van der Waals surface area contributed by atoms with Crippen molar-refractivity contribution in [1.29, 1.82) is 0 Å². The highest BCUT2D eigenvalue weighted by Gasteiger charge is 2.06. The minimum absolute atomic E-state index is 0.181. The number of hydrogen-bond acceptors (Lipinski definition) is 3. The zero-order valence-corrected chi connectivity index (χ0v) is 9.46. The summed E-state index contributed by atoms with van der Waals surface area (Å²) < 4.78 is 4.88. The van der Waals surface area contributed by atoms with Crippen LogP contribution in [0.2, 0.25) is 5.02 Å². The van der Waals surface area contributed by atoms with Gasteiger partial charge in [0, 0.05) is 39.0 Å². The van der Waals surface area contributed by atoms with Crippen molar-refractivity contribution in [2.75, 3.05) is 13.7 Å². The van der Waals surface area contributed by atoms with E-state index in [0.717, 1.165) is 12.0 Å². The van der Waals surface area contributed by atoms with Crippen molar-refractivity contribution in [3.63, 3.8) is 0 Å². The van der Waals surface area contributed by atoms with Gasteiger partial charge in [0.15, 0.2) is 0 Å². The lowest BCUT2D eigenvalue weighted by Gasteiger charge is -2.02. The molecule has 82 valence electrons. The zero-order chi connectivity index (χ0) is 11.1. The fourth-order valence-electron chi connectivity index (χ4n) is 1.26. The molecule has 0 saturated heterocycles. The van der Waals surface area contributed by atoms with Gasteiger partial charge in [-0.3, -0.25) is 9.78 Å². The van der Waals surface area contributed by atoms with E-state index in [1.165, 1.54) is 0 Å². The monoisotopic (exact) mass is 227 g/mol. The molecule has 4 heteroatoms. The Kier molecular flexibility index (Phi) is 5.29. The molecule has 0 aliphatic rings. The Labute approximate surface area is 94.4 Å². The van der Waals surface area contributed by atoms with Gasteiger partial charge in [-0.25, -0.2) is 0 Å². The maximum atomic E-state index is 11.5. The maximum Gasteiger partial charge on any atom is 0.137 e. The van der Waals surface area contributed by atoms with Crippen LogP contribution >= 0.6 is 11.6 Å². The smallest absolute Gasteiger partial charge is 0.137 e. The quantitative estimate of drug-likeness (QED) is 0.700. The average Bonchev–Trinajstić information content (AvgIpc) is 2.22. The third-order valence-electron chi connectivity index (χ3n) is 2.05. The number of rotatable bonds is 6. The van der Waals surface area contributed by atoms with E-state index in [4.69, 9.17) is 16.3 Å². The lowest BCUT2D eigenvalue weighted by Crippen LogP contribution is -2.04. The van der Waals surface area contributed by atoms with Crippen molar-refractivity contribution in [2.45, 2.75) is 19.3 Å². The number of pyridine rings is 1. The highest BCUT2D eigenvalue weighted by molar-refractivity contribution is 6.31. The highest BCUT2D eigenvalue weighted by atomic mass is 35.5. The number of ether oxygens (including phenoxy) is 1. The fourth-order valence-corrected chi connectivity index (χ4v) is 1.45. The lowest BCUT2D eigenvalue weighted by atomic mass is 10.1. The summed E-state index contributed by atoms with van der Waals surface area (Å²) in [6.45, 7) is 0.621. The summed E-state index contributed by atoms with van der Waals surface area (Å²) in [6, 6.07) is 1.77. The SMILES string of the molecule is COCCCC(=O)Cc1ccncc1Cl. The van der Waals surface area contributed by atoms with Crippen molar-refractivity contribution in [1.82, 2.24) is 4.98 Å². The molecule has 0 spiro atoms. The Bertz CT molecular complexity index is 328. The van der Waals surface area contributed by atoms with Crippen LogP contribution < -0.4 is 0 Å². The summed E-state index contributed by atoms with van der Waals surface area (Å²) in [6.07, 6.45) is 4.87. The molecule has 3 nitrogen and oxygen atoms in total. The molecule has 0 bridgehead atoms. The lowest BCUT2D eigenvalue weighted by molar-refractivity contribution is -0.118. The van der Waals surface area contributed by atoms with Crippen LogP contribution in [0.4, 0.5) is 0 Å². The summed E-state index contributed by atoms with van der Waals surface area (Å²) in [7, 11) is 1.63. The predicted octanol–water partition coefficient (Wildman–Crippen LogP) is 2.27. The summed E-state index contributed by atoms with van der Waals surface area (Å²) in [5.41, 5.74) is 0.842. The summed E-state index contributed by atoms with van der Waals surface area (Å²) in [5, 5.41) is 0.553. The van der Waals surface area contributed by atoms with Crippen LogP contribution in [-0.2, 0) is 16.0 Å². The number of aromatic nitrogens is 1. The van der Waals surface area contributed by atoms with Crippen LogP contribution in [0.25, 0.3) is 0 Å². The molecule has 0 N–H and O–H groups in total. The second kappa shape index (κ2) is 6.53. The van der Waals surface area contributed by atoms with Gasteiger partial charge in [-0.2, -0.15) is 0 Å². The maximum absolute atomic E-state index is 11.5. The number of ketones is 1. The van der Waals surface area contributed by atoms with E-state index in [0.29, 0.717) is 24.5 Å². The van der Waals surface area contributed by atoms with Gasteiger partial charge in [-0.1, -0.05) is 11.6 Å². The van der Waals surface area contributed by atoms with Crippen LogP contribution in [0, 0.1) is 0 Å². The van der Waals surface area contributed by atoms with Crippen molar-refractivity contribution < 1.29 is 9.53 Å². The summed E-state index contributed by atoms with van der Waals surface area (Å²) in [5.74, 6) is 0.181. The summed E-state index contributed by atoms with van der Waals surface area (Å²) in [4.78, 5) is 15.4. The third kappa shape index (κ3) is 4.40. The van der Waals surface area contributed by atoms with Crippen LogP contribution in [0.5, 0.6) is 0 Å². The molecule has 0 aliphatic heterocycles. The van der Waals surface area contributed by atoms with Gasteiger partial charge in [-0.15, -0.1) is 0 Å². The Morgan fingerprint density at radius 2 is 2.40 bits per heavy atom. The number of halogens is 1. The van der Waals surface area contributed by atoms with Crippen LogP contribution in [0.15, 0.2) is 18.5 Å². The molecule has 0 fully saturated rings. The van der Waals surface area contributed by atoms with Gasteiger partial charge < -0.3 is 4.74 Å². The second-order valence-electron chi connectivity index (χ2n) is 3.28. The largest absolute Gasteiger partial charge is 0.385 e. The number of hydrogen-bond donors (Lipinski definition) is 0. The standard InChI is InChI=1S/C11H14ClNO2/c1-15-6-2-3-10(14)7-9-4-5-13-8-11(9)12/h4-5,8H,2-3,6-7H2,1H3. The minimum Gasteiger partial charge on any atom is -0.385 e. The van der Waals surface area contributed by atoms with E-state index in [2.05, 4.69) is 4.98 Å². The van der Waals surface area contributed by atoms with Crippen LogP contribution in [0.3, 0.4) is 0 Å². The predicted molar refractivity (Wildman–Crippen MR) is 59.1 cm³/mol. The first-order chi connectivity index (χ1) is 7.24. The average molecular weight is 228 g/mol. The molecule has 0 radical (unpaired) electrons. The number of carbonyl (C=O) groups is 1. The van der Waals surface area contributed by atoms with Crippen molar-refractivity contribution in [3.05, 3.63) is 29.0 Å². The first kappa shape index (κ1) is 12.1. The Morgan fingerprint density at radius 3 is 3.07 bits per heavy atom. The molecule has 1 rings (SSSR count). The number of methoxy groups -OCH3 is 1. The molecular weight excluding hydrogens is 214 g/mol. The Morgan fingerprint density at radius 1 is 1.60 bits per heavy atom. The first-order valence-corrected chi connectivity index (χ1v) is 5.21. The fraction of sp³-hybridized carbons (Fsp3) is 0.455. The molecule has 15 heavy (non-hydrogen) atoms. The summed E-state index contributed by atoms with van der Waals surface area (Å²) >= 11 is 5.89. The molecule has 0 amide bonds. The van der Waals surface area contributed by atoms with E-state index in [1.807, 2.05) is 0 Å².